The zero-order valence-corrected chi connectivity index (χ0v) is 19.0. The molecule has 0 aliphatic carbocycles. The van der Waals surface area contributed by atoms with Gasteiger partial charge in [-0.3, -0.25) is 14.4 Å². The minimum atomic E-state index is -0.676. The van der Waals surface area contributed by atoms with Crippen molar-refractivity contribution in [3.05, 3.63) is 102 Å². The summed E-state index contributed by atoms with van der Waals surface area (Å²) in [5, 5.41) is 5.89. The van der Waals surface area contributed by atoms with E-state index in [1.807, 2.05) is 66.7 Å². The molecule has 0 bridgehead atoms. The number of para-hydroxylation sites is 1. The van der Waals surface area contributed by atoms with Gasteiger partial charge in [0.2, 0.25) is 11.8 Å². The topological polar surface area (TPSA) is 78.5 Å². The van der Waals surface area contributed by atoms with Crippen LogP contribution in [0.1, 0.15) is 28.8 Å². The third-order valence-corrected chi connectivity index (χ3v) is 6.14. The molecule has 4 rings (SSSR count). The first-order valence-corrected chi connectivity index (χ1v) is 11.6. The number of carbonyl (C=O) groups excluding carboxylic acids is 3. The van der Waals surface area contributed by atoms with Crippen LogP contribution in [0.2, 0.25) is 0 Å². The highest BCUT2D eigenvalue weighted by atomic mass is 16.2. The van der Waals surface area contributed by atoms with E-state index >= 15 is 0 Å². The lowest BCUT2D eigenvalue weighted by molar-refractivity contribution is -0.136. The Bertz CT molecular complexity index is 1100. The van der Waals surface area contributed by atoms with Crippen LogP contribution in [0.4, 0.5) is 5.69 Å². The number of carbonyl (C=O) groups is 3. The van der Waals surface area contributed by atoms with Gasteiger partial charge in [-0.2, -0.15) is 0 Å². The third-order valence-electron chi connectivity index (χ3n) is 6.14. The van der Waals surface area contributed by atoms with Gasteiger partial charge in [0.1, 0.15) is 6.04 Å². The van der Waals surface area contributed by atoms with Crippen molar-refractivity contribution in [3.63, 3.8) is 0 Å². The standard InChI is InChI=1S/C28H29N3O3/c32-26(29-24-14-8-3-9-15-24)23-16-18-31(19-17-23)28(34)25(20-21-10-4-1-5-11-21)30-27(33)22-12-6-2-7-13-22/h1-15,23,25H,16-20H2,(H,29,32)(H,30,33). The molecular weight excluding hydrogens is 426 g/mol. The van der Waals surface area contributed by atoms with Crippen LogP contribution in [-0.2, 0) is 16.0 Å². The van der Waals surface area contributed by atoms with Gasteiger partial charge in [0.25, 0.3) is 5.91 Å². The molecule has 0 saturated carbocycles. The minimum Gasteiger partial charge on any atom is -0.341 e. The molecule has 1 saturated heterocycles. The lowest BCUT2D eigenvalue weighted by atomic mass is 9.94. The molecule has 1 aliphatic heterocycles. The van der Waals surface area contributed by atoms with Crippen LogP contribution < -0.4 is 10.6 Å². The normalized spacial score (nSPS) is 14.8. The van der Waals surface area contributed by atoms with Crippen LogP contribution in [0.25, 0.3) is 0 Å². The van der Waals surface area contributed by atoms with E-state index in [0.29, 0.717) is 37.9 Å². The molecule has 1 fully saturated rings. The molecular formula is C28H29N3O3. The van der Waals surface area contributed by atoms with Crippen molar-refractivity contribution < 1.29 is 14.4 Å². The first-order valence-electron chi connectivity index (χ1n) is 11.6. The highest BCUT2D eigenvalue weighted by molar-refractivity contribution is 5.97. The van der Waals surface area contributed by atoms with Crippen LogP contribution >= 0.6 is 0 Å². The Morgan fingerprint density at radius 3 is 1.97 bits per heavy atom. The molecule has 2 N–H and O–H groups in total. The summed E-state index contributed by atoms with van der Waals surface area (Å²) in [7, 11) is 0. The van der Waals surface area contributed by atoms with E-state index in [4.69, 9.17) is 0 Å². The Balaban J connectivity index is 1.39. The number of benzene rings is 3. The molecule has 6 heteroatoms. The van der Waals surface area contributed by atoms with Crippen molar-refractivity contribution in [2.45, 2.75) is 25.3 Å². The van der Waals surface area contributed by atoms with Gasteiger partial charge >= 0.3 is 0 Å². The maximum Gasteiger partial charge on any atom is 0.251 e. The first kappa shape index (κ1) is 23.2. The van der Waals surface area contributed by atoms with Crippen molar-refractivity contribution in [2.24, 2.45) is 5.92 Å². The lowest BCUT2D eigenvalue weighted by Crippen LogP contribution is -2.52. The second-order valence-corrected chi connectivity index (χ2v) is 8.54. The monoisotopic (exact) mass is 455 g/mol. The maximum absolute atomic E-state index is 13.4. The Morgan fingerprint density at radius 2 is 1.35 bits per heavy atom. The molecule has 1 heterocycles. The van der Waals surface area contributed by atoms with E-state index in [-0.39, 0.29) is 23.6 Å². The zero-order valence-electron chi connectivity index (χ0n) is 19.0. The van der Waals surface area contributed by atoms with Gasteiger partial charge in [0, 0.05) is 36.7 Å². The molecule has 1 atom stereocenters. The summed E-state index contributed by atoms with van der Waals surface area (Å²) in [6, 6.07) is 27.3. The van der Waals surface area contributed by atoms with Crippen LogP contribution in [0.5, 0.6) is 0 Å². The van der Waals surface area contributed by atoms with Crippen molar-refractivity contribution >= 4 is 23.4 Å². The fraction of sp³-hybridized carbons (Fsp3) is 0.250. The number of anilines is 1. The number of rotatable bonds is 7. The Hall–Kier alpha value is -3.93. The fourth-order valence-corrected chi connectivity index (χ4v) is 4.23. The number of nitrogens with one attached hydrogen (secondary N) is 2. The van der Waals surface area contributed by atoms with E-state index in [2.05, 4.69) is 10.6 Å². The highest BCUT2D eigenvalue weighted by Crippen LogP contribution is 2.21. The molecule has 3 amide bonds. The minimum absolute atomic E-state index is 0.0171. The molecule has 174 valence electrons. The summed E-state index contributed by atoms with van der Waals surface area (Å²) in [6.45, 7) is 0.969. The number of hydrogen-bond donors (Lipinski definition) is 2. The van der Waals surface area contributed by atoms with Crippen molar-refractivity contribution in [3.8, 4) is 0 Å². The van der Waals surface area contributed by atoms with E-state index in [1.54, 1.807) is 29.2 Å². The second-order valence-electron chi connectivity index (χ2n) is 8.54. The van der Waals surface area contributed by atoms with E-state index in [1.165, 1.54) is 0 Å². The smallest absolute Gasteiger partial charge is 0.251 e. The van der Waals surface area contributed by atoms with Crippen LogP contribution in [0.15, 0.2) is 91.0 Å². The van der Waals surface area contributed by atoms with Gasteiger partial charge in [0.15, 0.2) is 0 Å². The van der Waals surface area contributed by atoms with Gasteiger partial charge in [-0.1, -0.05) is 66.7 Å². The Morgan fingerprint density at radius 1 is 0.794 bits per heavy atom. The maximum atomic E-state index is 13.4. The number of nitrogens with zero attached hydrogens (tertiary/aromatic N) is 1. The van der Waals surface area contributed by atoms with Crippen molar-refractivity contribution in [1.82, 2.24) is 10.2 Å². The quantitative estimate of drug-likeness (QED) is 0.567. The summed E-state index contributed by atoms with van der Waals surface area (Å²) in [6.07, 6.45) is 1.59. The van der Waals surface area contributed by atoms with E-state index in [0.717, 1.165) is 11.3 Å². The molecule has 1 aliphatic rings. The largest absolute Gasteiger partial charge is 0.341 e. The van der Waals surface area contributed by atoms with Crippen LogP contribution in [-0.4, -0.2) is 41.8 Å². The summed E-state index contributed by atoms with van der Waals surface area (Å²) < 4.78 is 0. The number of amides is 3. The van der Waals surface area contributed by atoms with E-state index < -0.39 is 6.04 Å². The van der Waals surface area contributed by atoms with Crippen molar-refractivity contribution in [2.75, 3.05) is 18.4 Å². The summed E-state index contributed by atoms with van der Waals surface area (Å²) in [5.41, 5.74) is 2.27. The summed E-state index contributed by atoms with van der Waals surface area (Å²) in [5.74, 6) is -0.547. The van der Waals surface area contributed by atoms with E-state index in [9.17, 15) is 14.4 Å². The molecule has 6 nitrogen and oxygen atoms in total. The summed E-state index contributed by atoms with van der Waals surface area (Å²) in [4.78, 5) is 40.7. The molecule has 3 aromatic rings. The zero-order chi connectivity index (χ0) is 23.8. The molecule has 3 aromatic carbocycles. The molecule has 1 unspecified atom stereocenters. The Labute approximate surface area is 200 Å². The average molecular weight is 456 g/mol. The van der Waals surface area contributed by atoms with Crippen molar-refractivity contribution in [1.29, 1.82) is 0 Å². The SMILES string of the molecule is O=C(NC(Cc1ccccc1)C(=O)N1CCC(C(=O)Nc2ccccc2)CC1)c1ccccc1. The second kappa shape index (κ2) is 11.3. The van der Waals surface area contributed by atoms with Crippen LogP contribution in [0.3, 0.4) is 0 Å². The van der Waals surface area contributed by atoms with Gasteiger partial charge in [-0.15, -0.1) is 0 Å². The first-order chi connectivity index (χ1) is 16.6. The Kier molecular flexibility index (Phi) is 7.71. The lowest BCUT2D eigenvalue weighted by Gasteiger charge is -2.34. The van der Waals surface area contributed by atoms with Gasteiger partial charge in [-0.25, -0.2) is 0 Å². The third kappa shape index (κ3) is 6.10. The van der Waals surface area contributed by atoms with Crippen LogP contribution in [0, 0.1) is 5.92 Å². The molecule has 0 aromatic heterocycles. The van der Waals surface area contributed by atoms with Gasteiger partial charge in [-0.05, 0) is 42.7 Å². The number of hydrogen-bond acceptors (Lipinski definition) is 3. The molecule has 34 heavy (non-hydrogen) atoms. The summed E-state index contributed by atoms with van der Waals surface area (Å²) >= 11 is 0. The molecule has 0 radical (unpaired) electrons. The van der Waals surface area contributed by atoms with Gasteiger partial charge in [0.05, 0.1) is 0 Å². The predicted molar refractivity (Wildman–Crippen MR) is 132 cm³/mol. The highest BCUT2D eigenvalue weighted by Gasteiger charge is 2.32. The fourth-order valence-electron chi connectivity index (χ4n) is 4.23. The number of piperidine rings is 1. The van der Waals surface area contributed by atoms with Gasteiger partial charge < -0.3 is 15.5 Å². The average Bonchev–Trinajstić information content (AvgIpc) is 2.89. The predicted octanol–water partition coefficient (Wildman–Crippen LogP) is 3.91. The molecule has 0 spiro atoms. The number of likely N-dealkylation sites (tertiary alicyclic amines) is 1.